The molecule has 2 aromatic carbocycles. The number of methoxy groups -OCH3 is 1. The van der Waals surface area contributed by atoms with Gasteiger partial charge in [-0.15, -0.1) is 0 Å². The Balaban J connectivity index is 1.89. The molecule has 2 aromatic rings. The molecule has 2 rings (SSSR count). The summed E-state index contributed by atoms with van der Waals surface area (Å²) in [5.41, 5.74) is 0.932. The summed E-state index contributed by atoms with van der Waals surface area (Å²) in [6.07, 6.45) is 1.12. The minimum Gasteiger partial charge on any atom is -0.497 e. The number of hydrogen-bond donors (Lipinski definition) is 1. The molecule has 0 aliphatic rings. The van der Waals surface area contributed by atoms with Gasteiger partial charge in [-0.05, 0) is 55.5 Å². The van der Waals surface area contributed by atoms with Crippen molar-refractivity contribution in [1.29, 1.82) is 0 Å². The molecule has 8 heteroatoms. The van der Waals surface area contributed by atoms with Crippen molar-refractivity contribution in [1.82, 2.24) is 5.32 Å². The zero-order valence-corrected chi connectivity index (χ0v) is 16.6. The van der Waals surface area contributed by atoms with Gasteiger partial charge in [0, 0.05) is 12.6 Å². The molecular weight excluding hydrogens is 368 g/mol. The first-order valence-electron chi connectivity index (χ1n) is 8.32. The van der Waals surface area contributed by atoms with Crippen LogP contribution in [0.4, 0.5) is 5.69 Å². The molecule has 0 spiro atoms. The predicted molar refractivity (Wildman–Crippen MR) is 105 cm³/mol. The van der Waals surface area contributed by atoms with E-state index in [9.17, 15) is 13.2 Å². The maximum absolute atomic E-state index is 12.3. The molecule has 0 aliphatic carbocycles. The first-order chi connectivity index (χ1) is 12.7. The van der Waals surface area contributed by atoms with Gasteiger partial charge >= 0.3 is 0 Å². The fraction of sp³-hybridized carbons (Fsp3) is 0.316. The third-order valence-electron chi connectivity index (χ3n) is 3.93. The Morgan fingerprint density at radius 1 is 1.07 bits per heavy atom. The standard InChI is InChI=1S/C19H24N2O5S/c1-14(13-26-18-11-9-17(25-3)10-12-18)20-19(22)15-5-7-16(8-6-15)21(2)27(4,23)24/h5-12,14H,13H2,1-4H3,(H,20,22)/t14-/m0/s1. The highest BCUT2D eigenvalue weighted by Gasteiger charge is 2.14. The van der Waals surface area contributed by atoms with Crippen LogP contribution in [-0.4, -0.2) is 47.4 Å². The summed E-state index contributed by atoms with van der Waals surface area (Å²) in [7, 11) is -0.280. The first kappa shape index (κ1) is 20.6. The zero-order chi connectivity index (χ0) is 20.0. The van der Waals surface area contributed by atoms with Crippen molar-refractivity contribution in [2.75, 3.05) is 31.3 Å². The van der Waals surface area contributed by atoms with Gasteiger partial charge in [0.05, 0.1) is 25.1 Å². The van der Waals surface area contributed by atoms with E-state index in [1.54, 1.807) is 55.6 Å². The first-order valence-corrected chi connectivity index (χ1v) is 10.2. The topological polar surface area (TPSA) is 84.9 Å². The Kier molecular flexibility index (Phi) is 6.68. The number of amides is 1. The minimum atomic E-state index is -3.34. The lowest BCUT2D eigenvalue weighted by molar-refractivity contribution is 0.0926. The van der Waals surface area contributed by atoms with E-state index in [2.05, 4.69) is 5.32 Å². The van der Waals surface area contributed by atoms with Crippen molar-refractivity contribution in [3.8, 4) is 11.5 Å². The van der Waals surface area contributed by atoms with Gasteiger partial charge in [0.15, 0.2) is 0 Å². The summed E-state index contributed by atoms with van der Waals surface area (Å²) in [6.45, 7) is 2.15. The van der Waals surface area contributed by atoms with E-state index in [0.29, 0.717) is 23.6 Å². The normalized spacial score (nSPS) is 12.1. The lowest BCUT2D eigenvalue weighted by atomic mass is 10.2. The minimum absolute atomic E-state index is 0.210. The van der Waals surface area contributed by atoms with Crippen LogP contribution in [0.1, 0.15) is 17.3 Å². The van der Waals surface area contributed by atoms with Gasteiger partial charge in [-0.25, -0.2) is 8.42 Å². The second kappa shape index (κ2) is 8.77. The number of anilines is 1. The second-order valence-corrected chi connectivity index (χ2v) is 8.15. The second-order valence-electron chi connectivity index (χ2n) is 6.14. The van der Waals surface area contributed by atoms with E-state index in [1.165, 1.54) is 7.05 Å². The summed E-state index contributed by atoms with van der Waals surface area (Å²) in [5.74, 6) is 1.17. The molecule has 0 aromatic heterocycles. The van der Waals surface area contributed by atoms with Gasteiger partial charge in [-0.1, -0.05) is 0 Å². The molecule has 1 amide bonds. The number of benzene rings is 2. The molecule has 0 saturated carbocycles. The molecule has 27 heavy (non-hydrogen) atoms. The van der Waals surface area contributed by atoms with Crippen LogP contribution in [0.15, 0.2) is 48.5 Å². The monoisotopic (exact) mass is 392 g/mol. The highest BCUT2D eigenvalue weighted by atomic mass is 32.2. The lowest BCUT2D eigenvalue weighted by Gasteiger charge is -2.17. The molecule has 0 bridgehead atoms. The van der Waals surface area contributed by atoms with Gasteiger partial charge in [0.2, 0.25) is 10.0 Å². The number of sulfonamides is 1. The molecule has 0 fully saturated rings. The van der Waals surface area contributed by atoms with E-state index in [4.69, 9.17) is 9.47 Å². The SMILES string of the molecule is COc1ccc(OC[C@H](C)NC(=O)c2ccc(N(C)S(C)(=O)=O)cc2)cc1. The van der Waals surface area contributed by atoms with Gasteiger partial charge in [0.1, 0.15) is 18.1 Å². The average Bonchev–Trinajstić information content (AvgIpc) is 2.65. The van der Waals surface area contributed by atoms with E-state index >= 15 is 0 Å². The Labute approximate surface area is 160 Å². The van der Waals surface area contributed by atoms with E-state index in [0.717, 1.165) is 16.3 Å². The van der Waals surface area contributed by atoms with Crippen molar-refractivity contribution in [3.05, 3.63) is 54.1 Å². The van der Waals surface area contributed by atoms with Crippen LogP contribution in [0.3, 0.4) is 0 Å². The Morgan fingerprint density at radius 3 is 2.15 bits per heavy atom. The lowest BCUT2D eigenvalue weighted by Crippen LogP contribution is -2.36. The number of rotatable bonds is 8. The molecule has 0 unspecified atom stereocenters. The fourth-order valence-corrected chi connectivity index (χ4v) is 2.76. The van der Waals surface area contributed by atoms with Gasteiger partial charge in [-0.2, -0.15) is 0 Å². The van der Waals surface area contributed by atoms with Crippen molar-refractivity contribution < 1.29 is 22.7 Å². The van der Waals surface area contributed by atoms with E-state index in [1.807, 2.05) is 6.92 Å². The molecule has 0 radical (unpaired) electrons. The Bertz CT molecular complexity index is 864. The van der Waals surface area contributed by atoms with Gasteiger partial charge < -0.3 is 14.8 Å². The summed E-state index contributed by atoms with van der Waals surface area (Å²) < 4.78 is 35.0. The van der Waals surface area contributed by atoms with Crippen LogP contribution >= 0.6 is 0 Å². The molecule has 146 valence electrons. The number of nitrogens with one attached hydrogen (secondary N) is 1. The Hall–Kier alpha value is -2.74. The molecule has 1 atom stereocenters. The van der Waals surface area contributed by atoms with Crippen molar-refractivity contribution >= 4 is 21.6 Å². The number of carbonyl (C=O) groups is 1. The summed E-state index contributed by atoms with van der Waals surface area (Å²) in [6, 6.07) is 13.3. The van der Waals surface area contributed by atoms with Gasteiger partial charge in [-0.3, -0.25) is 9.10 Å². The third-order valence-corrected chi connectivity index (χ3v) is 5.13. The summed E-state index contributed by atoms with van der Waals surface area (Å²) in [4.78, 5) is 12.3. The number of ether oxygens (including phenoxy) is 2. The summed E-state index contributed by atoms with van der Waals surface area (Å²) >= 11 is 0. The molecule has 7 nitrogen and oxygen atoms in total. The molecule has 0 saturated heterocycles. The van der Waals surface area contributed by atoms with E-state index < -0.39 is 10.0 Å². The van der Waals surface area contributed by atoms with E-state index in [-0.39, 0.29) is 11.9 Å². The quantitative estimate of drug-likeness (QED) is 0.745. The third kappa shape index (κ3) is 5.89. The molecule has 0 aliphatic heterocycles. The van der Waals surface area contributed by atoms with Crippen LogP contribution < -0.4 is 19.1 Å². The Morgan fingerprint density at radius 2 is 1.63 bits per heavy atom. The van der Waals surface area contributed by atoms with Crippen molar-refractivity contribution in [2.24, 2.45) is 0 Å². The molecule has 1 N–H and O–H groups in total. The van der Waals surface area contributed by atoms with Crippen LogP contribution in [0, 0.1) is 0 Å². The average molecular weight is 392 g/mol. The maximum Gasteiger partial charge on any atom is 0.251 e. The molecule has 0 heterocycles. The zero-order valence-electron chi connectivity index (χ0n) is 15.8. The smallest absolute Gasteiger partial charge is 0.251 e. The summed E-state index contributed by atoms with van der Waals surface area (Å²) in [5, 5.41) is 2.85. The van der Waals surface area contributed by atoms with Crippen LogP contribution in [-0.2, 0) is 10.0 Å². The molecular formula is C19H24N2O5S. The van der Waals surface area contributed by atoms with Gasteiger partial charge in [0.25, 0.3) is 5.91 Å². The van der Waals surface area contributed by atoms with Crippen LogP contribution in [0.5, 0.6) is 11.5 Å². The largest absolute Gasteiger partial charge is 0.497 e. The maximum atomic E-state index is 12.3. The number of nitrogens with zero attached hydrogens (tertiary/aromatic N) is 1. The highest BCUT2D eigenvalue weighted by molar-refractivity contribution is 7.92. The van der Waals surface area contributed by atoms with Crippen molar-refractivity contribution in [3.63, 3.8) is 0 Å². The fourth-order valence-electron chi connectivity index (χ4n) is 2.26. The van der Waals surface area contributed by atoms with Crippen LogP contribution in [0.25, 0.3) is 0 Å². The highest BCUT2D eigenvalue weighted by Crippen LogP contribution is 2.18. The number of hydrogen-bond acceptors (Lipinski definition) is 5. The number of carbonyl (C=O) groups excluding carboxylic acids is 1. The van der Waals surface area contributed by atoms with Crippen LogP contribution in [0.2, 0.25) is 0 Å². The predicted octanol–water partition coefficient (Wildman–Crippen LogP) is 2.29. The van der Waals surface area contributed by atoms with Crippen molar-refractivity contribution in [2.45, 2.75) is 13.0 Å².